The first-order valence-corrected chi connectivity index (χ1v) is 22.4. The lowest BCUT2D eigenvalue weighted by Gasteiger charge is -2.45. The molecule has 17 nitrogen and oxygen atoms in total. The third-order valence-electron chi connectivity index (χ3n) is 13.3. The molecule has 0 spiro atoms. The maximum absolute atomic E-state index is 14.6. The van der Waals surface area contributed by atoms with Crippen LogP contribution in [-0.2, 0) is 45.1 Å². The number of Topliss-reactive ketones (excluding diaryl/α,β-unsaturated/α-hetero) is 2. The summed E-state index contributed by atoms with van der Waals surface area (Å²) in [4.78, 5) is 106. The van der Waals surface area contributed by atoms with E-state index >= 15 is 0 Å². The summed E-state index contributed by atoms with van der Waals surface area (Å²) in [5, 5.41) is 11.2. The van der Waals surface area contributed by atoms with Crippen LogP contribution in [0, 0.1) is 38.2 Å². The van der Waals surface area contributed by atoms with Crippen LogP contribution in [0.4, 0.5) is 46.5 Å². The molecule has 2 saturated carbocycles. The Morgan fingerprint density at radius 3 is 1.56 bits per heavy atom. The number of carbonyl (C=O) groups excluding carboxylic acids is 8. The standard InChI is InChI=1S/C24H25F4N5O4.C23H22F4N4O4.CH4/c1-11-15(19(34)21(36)32-23(22(37)29-3)9-24(27,28)10-23)14-5-4-8-33(14)18(11)20(35)31-13-6-7-30-17(12(2)25)16(13)26;1-10-13(24)6-12(7-14(10)25)29-19(33)17-11(2)16(15-4-3-5-31(15)17)18(32)20(34)30-22(21(28)35)8-23(26,27)9-22;/h6-7,12H,4-5,8-10H2,1-3H3,(H,29,37)(H,32,36)(H,30,31,35);6-7H,3-5,8-9H2,1-2H3,(H2,28,35)(H,29,33)(H,30,34);1H4. The lowest BCUT2D eigenvalue weighted by atomic mass is 9.72. The number of aromatic nitrogens is 3. The Morgan fingerprint density at radius 2 is 1.14 bits per heavy atom. The van der Waals surface area contributed by atoms with Crippen molar-refractivity contribution in [3.63, 3.8) is 0 Å². The highest BCUT2D eigenvalue weighted by atomic mass is 19.3. The van der Waals surface area contributed by atoms with Crippen molar-refractivity contribution in [2.24, 2.45) is 5.73 Å². The number of alkyl halides is 5. The van der Waals surface area contributed by atoms with Gasteiger partial charge in [-0.2, -0.15) is 0 Å². The first-order valence-electron chi connectivity index (χ1n) is 22.4. The van der Waals surface area contributed by atoms with Gasteiger partial charge in [0.15, 0.2) is 5.82 Å². The normalized spacial score (nSPS) is 17.3. The quantitative estimate of drug-likeness (QED) is 0.0526. The van der Waals surface area contributed by atoms with E-state index in [1.165, 1.54) is 37.0 Å². The molecule has 7 N–H and O–H groups in total. The summed E-state index contributed by atoms with van der Waals surface area (Å²) >= 11 is 0. The Morgan fingerprint density at radius 1 is 0.699 bits per heavy atom. The molecule has 0 bridgehead atoms. The number of fused-ring (bicyclic) bond motifs is 2. The number of anilines is 2. The minimum Gasteiger partial charge on any atom is -0.368 e. The summed E-state index contributed by atoms with van der Waals surface area (Å²) in [5.74, 6) is -17.4. The van der Waals surface area contributed by atoms with Crippen molar-refractivity contribution >= 4 is 58.4 Å². The number of ketones is 2. The van der Waals surface area contributed by atoms with Gasteiger partial charge >= 0.3 is 0 Å². The van der Waals surface area contributed by atoms with Crippen molar-refractivity contribution in [2.45, 2.75) is 129 Å². The smallest absolute Gasteiger partial charge is 0.293 e. The second kappa shape index (κ2) is 19.9. The topological polar surface area (TPSA) is 245 Å². The summed E-state index contributed by atoms with van der Waals surface area (Å²) < 4.78 is 113. The van der Waals surface area contributed by atoms with E-state index in [0.29, 0.717) is 50.2 Å². The fraction of sp³-hybridized carbons (Fsp3) is 0.438. The third-order valence-corrected chi connectivity index (χ3v) is 13.3. The van der Waals surface area contributed by atoms with E-state index in [1.807, 2.05) is 0 Å². The summed E-state index contributed by atoms with van der Waals surface area (Å²) in [7, 11) is 1.23. The van der Waals surface area contributed by atoms with E-state index in [1.54, 1.807) is 0 Å². The Bertz CT molecular complexity index is 2980. The van der Waals surface area contributed by atoms with Crippen LogP contribution in [-0.4, -0.2) is 91.1 Å². The summed E-state index contributed by atoms with van der Waals surface area (Å²) in [6.45, 7) is 5.90. The average molecular weight is 1030 g/mol. The minimum absolute atomic E-state index is 0. The van der Waals surface area contributed by atoms with Crippen molar-refractivity contribution in [2.75, 3.05) is 17.7 Å². The van der Waals surface area contributed by atoms with Crippen LogP contribution in [0.3, 0.4) is 0 Å². The molecular formula is C48H51F8N9O8. The van der Waals surface area contributed by atoms with Gasteiger partial charge < -0.3 is 41.5 Å². The molecule has 3 aromatic heterocycles. The Hall–Kier alpha value is -7.47. The SMILES string of the molecule is C.CNC(=O)C1(NC(=O)C(=O)c2c(C)c(C(=O)Nc3ccnc(C(C)F)c3F)n3c2CCC3)CC(F)(F)C1.Cc1c(F)cc(NC(=O)c2c(C)c(C(=O)C(=O)NC3(C(N)=O)CC(F)(F)C3)c3n2CCC3)cc1F. The van der Waals surface area contributed by atoms with Crippen molar-refractivity contribution in [1.29, 1.82) is 0 Å². The number of amides is 6. The lowest BCUT2D eigenvalue weighted by Crippen LogP contribution is -2.69. The summed E-state index contributed by atoms with van der Waals surface area (Å²) in [6, 6.07) is 3.07. The molecular weight excluding hydrogens is 983 g/mol. The van der Waals surface area contributed by atoms with E-state index in [0.717, 1.165) is 31.3 Å². The van der Waals surface area contributed by atoms with Crippen molar-refractivity contribution in [3.05, 3.63) is 98.1 Å². The van der Waals surface area contributed by atoms with Gasteiger partial charge in [0.2, 0.25) is 11.8 Å². The third kappa shape index (κ3) is 10.0. The fourth-order valence-electron chi connectivity index (χ4n) is 9.86. The molecule has 0 saturated heterocycles. The maximum Gasteiger partial charge on any atom is 0.293 e. The number of primary amides is 1. The first-order chi connectivity index (χ1) is 33.6. The van der Waals surface area contributed by atoms with Gasteiger partial charge in [-0.3, -0.25) is 43.3 Å². The zero-order valence-electron chi connectivity index (χ0n) is 39.2. The largest absolute Gasteiger partial charge is 0.368 e. The van der Waals surface area contributed by atoms with E-state index in [9.17, 15) is 73.5 Å². The van der Waals surface area contributed by atoms with Crippen LogP contribution in [0.15, 0.2) is 24.4 Å². The molecule has 2 aliphatic heterocycles. The zero-order valence-corrected chi connectivity index (χ0v) is 39.2. The van der Waals surface area contributed by atoms with Gasteiger partial charge in [0.25, 0.3) is 47.0 Å². The number of benzene rings is 1. The second-order valence-electron chi connectivity index (χ2n) is 18.3. The van der Waals surface area contributed by atoms with E-state index < -0.39 is 125 Å². The van der Waals surface area contributed by atoms with Gasteiger partial charge in [0.05, 0.1) is 16.8 Å². The number of halogens is 8. The molecule has 1 atom stereocenters. The molecule has 4 aromatic rings. The number of likely N-dealkylation sites (N-methyl/N-ethyl adjacent to an activating group) is 1. The molecule has 8 rings (SSSR count). The van der Waals surface area contributed by atoms with Crippen LogP contribution in [0.5, 0.6) is 0 Å². The molecule has 5 heterocycles. The van der Waals surface area contributed by atoms with Crippen molar-refractivity contribution in [1.82, 2.24) is 30.1 Å². The summed E-state index contributed by atoms with van der Waals surface area (Å²) in [5.41, 5.74) is 1.03. The van der Waals surface area contributed by atoms with Crippen LogP contribution < -0.4 is 32.3 Å². The van der Waals surface area contributed by atoms with Crippen molar-refractivity contribution in [3.8, 4) is 0 Å². The zero-order chi connectivity index (χ0) is 53.2. The Labute approximate surface area is 411 Å². The minimum atomic E-state index is -3.20. The number of hydrogen-bond acceptors (Lipinski definition) is 9. The van der Waals surface area contributed by atoms with E-state index in [4.69, 9.17) is 5.73 Å². The highest BCUT2D eigenvalue weighted by Crippen LogP contribution is 2.47. The van der Waals surface area contributed by atoms with Crippen LogP contribution in [0.25, 0.3) is 0 Å². The average Bonchev–Trinajstić information content (AvgIpc) is 4.05. The summed E-state index contributed by atoms with van der Waals surface area (Å²) in [6.07, 6.45) is -2.67. The predicted octanol–water partition coefficient (Wildman–Crippen LogP) is 5.94. The highest BCUT2D eigenvalue weighted by Gasteiger charge is 2.63. The second-order valence-corrected chi connectivity index (χ2v) is 18.3. The number of nitrogens with zero attached hydrogens (tertiary/aromatic N) is 3. The molecule has 73 heavy (non-hydrogen) atoms. The van der Waals surface area contributed by atoms with Gasteiger partial charge in [0.1, 0.15) is 46.0 Å². The van der Waals surface area contributed by atoms with Gasteiger partial charge in [0, 0.05) is 74.7 Å². The number of carbonyl (C=O) groups is 8. The number of nitrogens with one attached hydrogen (secondary N) is 5. The van der Waals surface area contributed by atoms with Gasteiger partial charge in [-0.1, -0.05) is 7.43 Å². The van der Waals surface area contributed by atoms with E-state index in [2.05, 4.69) is 31.6 Å². The molecule has 4 aliphatic rings. The molecule has 6 amide bonds. The Kier molecular flexibility index (Phi) is 14.9. The molecule has 392 valence electrons. The lowest BCUT2D eigenvalue weighted by molar-refractivity contribution is -0.164. The van der Waals surface area contributed by atoms with Gasteiger partial charge in [-0.05, 0) is 82.7 Å². The number of hydrogen-bond donors (Lipinski definition) is 6. The molecule has 2 aliphatic carbocycles. The number of rotatable bonds is 13. The number of nitrogens with two attached hydrogens (primary N) is 1. The van der Waals surface area contributed by atoms with Crippen LogP contribution >= 0.6 is 0 Å². The highest BCUT2D eigenvalue weighted by molar-refractivity contribution is 6.45. The Balaban J connectivity index is 0.000000235. The molecule has 2 fully saturated rings. The van der Waals surface area contributed by atoms with Crippen LogP contribution in [0.1, 0.15) is 135 Å². The fourth-order valence-corrected chi connectivity index (χ4v) is 9.86. The first kappa shape index (κ1) is 54.9. The van der Waals surface area contributed by atoms with Gasteiger partial charge in [-0.15, -0.1) is 0 Å². The number of pyridine rings is 1. The van der Waals surface area contributed by atoms with Crippen LogP contribution in [0.2, 0.25) is 0 Å². The van der Waals surface area contributed by atoms with E-state index in [-0.39, 0.29) is 58.0 Å². The maximum atomic E-state index is 14.6. The molecule has 25 heteroatoms. The predicted molar refractivity (Wildman–Crippen MR) is 244 cm³/mol. The monoisotopic (exact) mass is 1030 g/mol. The molecule has 1 unspecified atom stereocenters. The van der Waals surface area contributed by atoms with Crippen molar-refractivity contribution < 1.29 is 73.5 Å². The molecule has 0 radical (unpaired) electrons. The van der Waals surface area contributed by atoms with Gasteiger partial charge in [-0.25, -0.2) is 35.1 Å². The molecule has 1 aromatic carbocycles.